The molecular formula is C15H16N2O3. The molecule has 20 heavy (non-hydrogen) atoms. The Morgan fingerprint density at radius 1 is 1.45 bits per heavy atom. The summed E-state index contributed by atoms with van der Waals surface area (Å²) in [6.45, 7) is 2.12. The first-order valence-corrected chi connectivity index (χ1v) is 6.38. The van der Waals surface area contributed by atoms with Crippen molar-refractivity contribution in [1.29, 1.82) is 0 Å². The lowest BCUT2D eigenvalue weighted by molar-refractivity contribution is -0.143. The molecule has 0 amide bonds. The fraction of sp³-hybridized carbons (Fsp3) is 0.333. The van der Waals surface area contributed by atoms with Crippen molar-refractivity contribution in [1.82, 2.24) is 9.55 Å². The van der Waals surface area contributed by atoms with E-state index in [9.17, 15) is 9.90 Å². The lowest BCUT2D eigenvalue weighted by Gasteiger charge is -2.16. The zero-order valence-corrected chi connectivity index (χ0v) is 11.5. The number of nitrogens with zero attached hydrogens (tertiary/aromatic N) is 2. The van der Waals surface area contributed by atoms with E-state index in [1.807, 2.05) is 0 Å². The van der Waals surface area contributed by atoms with Gasteiger partial charge in [-0.05, 0) is 24.6 Å². The van der Waals surface area contributed by atoms with Crippen LogP contribution in [-0.2, 0) is 16.6 Å². The second kappa shape index (κ2) is 6.11. The summed E-state index contributed by atoms with van der Waals surface area (Å²) in [7, 11) is 1.80. The van der Waals surface area contributed by atoms with E-state index in [1.165, 1.54) is 0 Å². The molecule has 2 aromatic rings. The molecule has 0 bridgehead atoms. The fourth-order valence-corrected chi connectivity index (χ4v) is 2.05. The third-order valence-electron chi connectivity index (χ3n) is 3.02. The van der Waals surface area contributed by atoms with E-state index in [0.29, 0.717) is 12.4 Å². The molecule has 0 unspecified atom stereocenters. The average Bonchev–Trinajstić information content (AvgIpc) is 2.84. The quantitative estimate of drug-likeness (QED) is 0.843. The molecule has 0 saturated carbocycles. The molecule has 0 aliphatic carbocycles. The van der Waals surface area contributed by atoms with Gasteiger partial charge in [0.1, 0.15) is 11.6 Å². The van der Waals surface area contributed by atoms with Crippen LogP contribution in [0.2, 0.25) is 0 Å². The van der Waals surface area contributed by atoms with Crippen molar-refractivity contribution in [3.05, 3.63) is 48.0 Å². The van der Waals surface area contributed by atoms with E-state index in [2.05, 4.69) is 17.4 Å². The van der Waals surface area contributed by atoms with Gasteiger partial charge in [-0.15, -0.1) is 0 Å². The molecule has 104 valence electrons. The highest BCUT2D eigenvalue weighted by atomic mass is 16.5. The van der Waals surface area contributed by atoms with Gasteiger partial charge in [0, 0.05) is 13.2 Å². The SMILES string of the molecule is CCOC(=O)C[C@@H](c1ccc(O)cc1)c1nc#cn1C. The normalized spacial score (nSPS) is 11.7. The standard InChI is InChI=1S/C15H16N2O3/c1-3-20-14(19)10-13(15-16-8-9-17(15)2)11-4-6-12(18)7-5-11/h4-7,13,18H,3,10H2,1-2H3/t13-/m0/s1. The van der Waals surface area contributed by atoms with E-state index in [4.69, 9.17) is 4.74 Å². The van der Waals surface area contributed by atoms with E-state index >= 15 is 0 Å². The van der Waals surface area contributed by atoms with Crippen LogP contribution in [0.3, 0.4) is 0 Å². The molecule has 1 aromatic carbocycles. The number of hydrogen-bond donors (Lipinski definition) is 1. The van der Waals surface area contributed by atoms with Crippen molar-refractivity contribution in [2.75, 3.05) is 6.61 Å². The Hall–Kier alpha value is -2.48. The number of phenols is 1. The Morgan fingerprint density at radius 2 is 2.15 bits per heavy atom. The number of esters is 1. The maximum atomic E-state index is 11.8. The lowest BCUT2D eigenvalue weighted by Crippen LogP contribution is -2.15. The third-order valence-corrected chi connectivity index (χ3v) is 3.02. The molecule has 5 heteroatoms. The number of aromatic nitrogens is 2. The number of rotatable bonds is 5. The van der Waals surface area contributed by atoms with Gasteiger partial charge in [-0.1, -0.05) is 12.1 Å². The van der Waals surface area contributed by atoms with Crippen LogP contribution in [0.15, 0.2) is 24.3 Å². The first kappa shape index (κ1) is 13.9. The van der Waals surface area contributed by atoms with Gasteiger partial charge in [-0.3, -0.25) is 9.36 Å². The van der Waals surface area contributed by atoms with Crippen LogP contribution in [0.4, 0.5) is 0 Å². The Balaban J connectivity index is 2.31. The van der Waals surface area contributed by atoms with E-state index in [0.717, 1.165) is 5.56 Å². The molecule has 1 heterocycles. The van der Waals surface area contributed by atoms with Crippen LogP contribution in [-0.4, -0.2) is 27.2 Å². The highest BCUT2D eigenvalue weighted by Crippen LogP contribution is 2.27. The summed E-state index contributed by atoms with van der Waals surface area (Å²) in [5, 5.41) is 9.36. The molecule has 1 atom stereocenters. The summed E-state index contributed by atoms with van der Waals surface area (Å²) in [5.41, 5.74) is 0.881. The number of aromatic hydroxyl groups is 1. The summed E-state index contributed by atoms with van der Waals surface area (Å²) in [5.74, 6) is 0.334. The van der Waals surface area contributed by atoms with Crippen molar-refractivity contribution >= 4 is 5.97 Å². The Labute approximate surface area is 117 Å². The number of ether oxygens (including phenoxy) is 1. The van der Waals surface area contributed by atoms with Crippen LogP contribution in [0.5, 0.6) is 5.75 Å². The second-order valence-electron chi connectivity index (χ2n) is 4.41. The molecular weight excluding hydrogens is 256 g/mol. The van der Waals surface area contributed by atoms with E-state index in [-0.39, 0.29) is 24.1 Å². The van der Waals surface area contributed by atoms with Gasteiger partial charge in [0.2, 0.25) is 0 Å². The predicted octanol–water partition coefficient (Wildman–Crippen LogP) is 1.81. The largest absolute Gasteiger partial charge is 0.508 e. The predicted molar refractivity (Wildman–Crippen MR) is 72.1 cm³/mol. The smallest absolute Gasteiger partial charge is 0.306 e. The van der Waals surface area contributed by atoms with Gasteiger partial charge in [0.25, 0.3) is 0 Å². The highest BCUT2D eigenvalue weighted by Gasteiger charge is 2.22. The molecule has 0 aliphatic rings. The monoisotopic (exact) mass is 272 g/mol. The molecule has 0 saturated heterocycles. The van der Waals surface area contributed by atoms with Crippen molar-refractivity contribution in [3.63, 3.8) is 0 Å². The van der Waals surface area contributed by atoms with Crippen molar-refractivity contribution in [2.24, 2.45) is 7.05 Å². The zero-order chi connectivity index (χ0) is 14.5. The highest BCUT2D eigenvalue weighted by molar-refractivity contribution is 5.71. The molecule has 2 rings (SSSR count). The van der Waals surface area contributed by atoms with Crippen LogP contribution in [0.1, 0.15) is 30.7 Å². The number of phenolic OH excluding ortho intramolecular Hbond substituents is 1. The topological polar surface area (TPSA) is 64.3 Å². The molecule has 0 radical (unpaired) electrons. The van der Waals surface area contributed by atoms with Crippen LogP contribution in [0.25, 0.3) is 0 Å². The molecule has 0 aliphatic heterocycles. The maximum Gasteiger partial charge on any atom is 0.306 e. The van der Waals surface area contributed by atoms with Gasteiger partial charge in [0.05, 0.1) is 25.1 Å². The van der Waals surface area contributed by atoms with Gasteiger partial charge in [0.15, 0.2) is 0 Å². The van der Waals surface area contributed by atoms with Gasteiger partial charge in [-0.25, -0.2) is 0 Å². The summed E-state index contributed by atoms with van der Waals surface area (Å²) in [6.07, 6.45) is 5.65. The molecule has 1 aromatic heterocycles. The Kier molecular flexibility index (Phi) is 4.26. The average molecular weight is 272 g/mol. The van der Waals surface area contributed by atoms with Gasteiger partial charge >= 0.3 is 5.97 Å². The van der Waals surface area contributed by atoms with Crippen molar-refractivity contribution in [3.8, 4) is 5.75 Å². The molecule has 5 nitrogen and oxygen atoms in total. The first-order chi connectivity index (χ1) is 9.61. The van der Waals surface area contributed by atoms with Gasteiger partial charge < -0.3 is 9.84 Å². The molecule has 1 N–H and O–H groups in total. The van der Waals surface area contributed by atoms with E-state index < -0.39 is 0 Å². The second-order valence-corrected chi connectivity index (χ2v) is 4.41. The lowest BCUT2D eigenvalue weighted by atomic mass is 9.94. The van der Waals surface area contributed by atoms with Crippen LogP contribution in [0, 0.1) is 12.4 Å². The zero-order valence-electron chi connectivity index (χ0n) is 11.5. The van der Waals surface area contributed by atoms with Crippen LogP contribution < -0.4 is 0 Å². The molecule has 0 fully saturated rings. The minimum atomic E-state index is -0.284. The summed E-state index contributed by atoms with van der Waals surface area (Å²) < 4.78 is 6.71. The Bertz CT molecular complexity index is 575. The number of carbonyl (C=O) groups excluding carboxylic acids is 1. The third kappa shape index (κ3) is 3.09. The van der Waals surface area contributed by atoms with Crippen LogP contribution >= 0.6 is 0 Å². The van der Waals surface area contributed by atoms with Crippen molar-refractivity contribution in [2.45, 2.75) is 19.3 Å². The Morgan fingerprint density at radius 3 is 2.70 bits per heavy atom. The maximum absolute atomic E-state index is 11.8. The fourth-order valence-electron chi connectivity index (χ4n) is 2.05. The first-order valence-electron chi connectivity index (χ1n) is 6.38. The summed E-state index contributed by atoms with van der Waals surface area (Å²) >= 11 is 0. The summed E-state index contributed by atoms with van der Waals surface area (Å²) in [4.78, 5) is 15.9. The minimum Gasteiger partial charge on any atom is -0.508 e. The minimum absolute atomic E-state index is 0.182. The van der Waals surface area contributed by atoms with Gasteiger partial charge in [-0.2, -0.15) is 4.98 Å². The number of benzene rings is 1. The summed E-state index contributed by atoms with van der Waals surface area (Å²) in [6, 6.07) is 6.72. The molecule has 0 spiro atoms. The van der Waals surface area contributed by atoms with Crippen molar-refractivity contribution < 1.29 is 14.6 Å². The number of carbonyl (C=O) groups is 1. The number of hydrogen-bond acceptors (Lipinski definition) is 4. The van der Waals surface area contributed by atoms with E-state index in [1.54, 1.807) is 42.8 Å².